The van der Waals surface area contributed by atoms with E-state index in [0.29, 0.717) is 11.3 Å². The molecule has 0 spiro atoms. The van der Waals surface area contributed by atoms with Gasteiger partial charge in [-0.1, -0.05) is 18.2 Å². The quantitative estimate of drug-likeness (QED) is 0.676. The molecule has 0 saturated heterocycles. The molecule has 0 amide bonds. The molecule has 6 heteroatoms. The number of hydrazine groups is 1. The van der Waals surface area contributed by atoms with Crippen LogP contribution in [0.4, 0.5) is 8.78 Å². The second kappa shape index (κ2) is 6.01. The molecule has 3 nitrogen and oxygen atoms in total. The van der Waals surface area contributed by atoms with E-state index in [1.54, 1.807) is 11.8 Å². The average Bonchev–Trinajstić information content (AvgIpc) is 2.50. The van der Waals surface area contributed by atoms with Crippen LogP contribution < -0.4 is 16.0 Å². The molecule has 2 atom stereocenters. The summed E-state index contributed by atoms with van der Waals surface area (Å²) in [4.78, 5) is 1.05. The third-order valence-corrected chi connectivity index (χ3v) is 4.52. The number of ether oxygens (including phenoxy) is 1. The standard InChI is InChI=1S/C15H14F2N2OS/c16-9-5-6-10(11(17)7-9)15(19-18)13-8-21-14-4-2-1-3-12(14)20-13/h1-7,13,15,19H,8,18H2. The van der Waals surface area contributed by atoms with Gasteiger partial charge in [0, 0.05) is 22.3 Å². The minimum atomic E-state index is -0.634. The highest BCUT2D eigenvalue weighted by Crippen LogP contribution is 2.38. The molecule has 0 fully saturated rings. The van der Waals surface area contributed by atoms with Crippen LogP contribution in [0.3, 0.4) is 0 Å². The van der Waals surface area contributed by atoms with Crippen LogP contribution in [0.2, 0.25) is 0 Å². The molecule has 1 aliphatic heterocycles. The minimum absolute atomic E-state index is 0.295. The van der Waals surface area contributed by atoms with Crippen molar-refractivity contribution in [3.8, 4) is 5.75 Å². The zero-order valence-electron chi connectivity index (χ0n) is 11.1. The number of hydrogen-bond acceptors (Lipinski definition) is 4. The predicted molar refractivity (Wildman–Crippen MR) is 78.0 cm³/mol. The fraction of sp³-hybridized carbons (Fsp3) is 0.200. The summed E-state index contributed by atoms with van der Waals surface area (Å²) in [5.74, 6) is 5.69. The summed E-state index contributed by atoms with van der Waals surface area (Å²) in [6.07, 6.45) is -0.338. The lowest BCUT2D eigenvalue weighted by atomic mass is 10.0. The summed E-state index contributed by atoms with van der Waals surface area (Å²) in [6, 6.07) is 10.6. The van der Waals surface area contributed by atoms with Crippen LogP contribution >= 0.6 is 11.8 Å². The van der Waals surface area contributed by atoms with Gasteiger partial charge in [0.25, 0.3) is 0 Å². The number of thioether (sulfide) groups is 1. The average molecular weight is 308 g/mol. The monoisotopic (exact) mass is 308 g/mol. The lowest BCUT2D eigenvalue weighted by Crippen LogP contribution is -2.42. The molecule has 2 aromatic carbocycles. The van der Waals surface area contributed by atoms with Crippen molar-refractivity contribution in [3.05, 3.63) is 59.7 Å². The first kappa shape index (κ1) is 14.3. The Morgan fingerprint density at radius 1 is 1.24 bits per heavy atom. The normalized spacial score (nSPS) is 18.7. The van der Waals surface area contributed by atoms with E-state index < -0.39 is 17.7 Å². The molecule has 0 radical (unpaired) electrons. The topological polar surface area (TPSA) is 47.3 Å². The van der Waals surface area contributed by atoms with Crippen molar-refractivity contribution in [2.75, 3.05) is 5.75 Å². The highest BCUT2D eigenvalue weighted by atomic mass is 32.2. The van der Waals surface area contributed by atoms with E-state index in [-0.39, 0.29) is 6.10 Å². The van der Waals surface area contributed by atoms with Gasteiger partial charge in [-0.05, 0) is 18.2 Å². The summed E-state index contributed by atoms with van der Waals surface area (Å²) in [6.45, 7) is 0. The van der Waals surface area contributed by atoms with Crippen molar-refractivity contribution in [2.24, 2.45) is 5.84 Å². The fourth-order valence-corrected chi connectivity index (χ4v) is 3.39. The van der Waals surface area contributed by atoms with Gasteiger partial charge in [-0.15, -0.1) is 11.8 Å². The maximum Gasteiger partial charge on any atom is 0.133 e. The molecule has 2 aromatic rings. The van der Waals surface area contributed by atoms with Crippen LogP contribution in [0.1, 0.15) is 11.6 Å². The molecular weight excluding hydrogens is 294 g/mol. The van der Waals surface area contributed by atoms with E-state index in [0.717, 1.165) is 16.7 Å². The Morgan fingerprint density at radius 2 is 2.05 bits per heavy atom. The zero-order valence-corrected chi connectivity index (χ0v) is 11.9. The molecule has 3 rings (SSSR count). The van der Waals surface area contributed by atoms with E-state index in [1.165, 1.54) is 12.1 Å². The maximum atomic E-state index is 13.9. The number of fused-ring (bicyclic) bond motifs is 1. The number of nitrogens with two attached hydrogens (primary N) is 1. The van der Waals surface area contributed by atoms with E-state index in [9.17, 15) is 8.78 Å². The first-order valence-corrected chi connectivity index (χ1v) is 7.47. The SMILES string of the molecule is NNC(c1ccc(F)cc1F)C1CSc2ccccc2O1. The highest BCUT2D eigenvalue weighted by Gasteiger charge is 2.30. The van der Waals surface area contributed by atoms with Crippen LogP contribution in [0.25, 0.3) is 0 Å². The minimum Gasteiger partial charge on any atom is -0.486 e. The van der Waals surface area contributed by atoms with Gasteiger partial charge in [0.15, 0.2) is 0 Å². The third-order valence-electron chi connectivity index (χ3n) is 3.38. The van der Waals surface area contributed by atoms with Crippen molar-refractivity contribution in [3.63, 3.8) is 0 Å². The summed E-state index contributed by atoms with van der Waals surface area (Å²) >= 11 is 1.63. The van der Waals surface area contributed by atoms with Gasteiger partial charge < -0.3 is 4.74 Å². The Hall–Kier alpha value is -1.63. The molecule has 1 aliphatic rings. The second-order valence-corrected chi connectivity index (χ2v) is 5.79. The van der Waals surface area contributed by atoms with E-state index >= 15 is 0 Å². The Morgan fingerprint density at radius 3 is 2.81 bits per heavy atom. The smallest absolute Gasteiger partial charge is 0.133 e. The van der Waals surface area contributed by atoms with Crippen LogP contribution in [-0.2, 0) is 0 Å². The second-order valence-electron chi connectivity index (χ2n) is 4.72. The summed E-state index contributed by atoms with van der Waals surface area (Å²) in [5, 5.41) is 0. The molecule has 21 heavy (non-hydrogen) atoms. The number of benzene rings is 2. The number of halogens is 2. The Labute approximate surface area is 125 Å². The molecule has 110 valence electrons. The van der Waals surface area contributed by atoms with Gasteiger partial charge in [0.05, 0.1) is 6.04 Å². The molecule has 3 N–H and O–H groups in total. The van der Waals surface area contributed by atoms with Crippen molar-refractivity contribution in [1.29, 1.82) is 0 Å². The largest absolute Gasteiger partial charge is 0.486 e. The molecule has 0 aromatic heterocycles. The maximum absolute atomic E-state index is 13.9. The lowest BCUT2D eigenvalue weighted by molar-refractivity contribution is 0.164. The fourth-order valence-electron chi connectivity index (χ4n) is 2.35. The van der Waals surface area contributed by atoms with Gasteiger partial charge in [0.2, 0.25) is 0 Å². The molecule has 0 aliphatic carbocycles. The van der Waals surface area contributed by atoms with Gasteiger partial charge in [-0.2, -0.15) is 0 Å². The van der Waals surface area contributed by atoms with E-state index in [1.807, 2.05) is 24.3 Å². The van der Waals surface area contributed by atoms with Gasteiger partial charge >= 0.3 is 0 Å². The van der Waals surface area contributed by atoms with Crippen LogP contribution in [-0.4, -0.2) is 11.9 Å². The third kappa shape index (κ3) is 2.88. The van der Waals surface area contributed by atoms with E-state index in [4.69, 9.17) is 10.6 Å². The Balaban J connectivity index is 1.88. The Kier molecular flexibility index (Phi) is 4.10. The number of nitrogens with one attached hydrogen (secondary N) is 1. The number of hydrogen-bond donors (Lipinski definition) is 2. The van der Waals surface area contributed by atoms with Crippen molar-refractivity contribution < 1.29 is 13.5 Å². The lowest BCUT2D eigenvalue weighted by Gasteiger charge is -2.31. The first-order chi connectivity index (χ1) is 10.2. The van der Waals surface area contributed by atoms with Crippen molar-refractivity contribution in [1.82, 2.24) is 5.43 Å². The Bertz CT molecular complexity index is 653. The van der Waals surface area contributed by atoms with Crippen molar-refractivity contribution in [2.45, 2.75) is 17.0 Å². The number of rotatable bonds is 3. The summed E-state index contributed by atoms with van der Waals surface area (Å²) in [7, 11) is 0. The molecular formula is C15H14F2N2OS. The van der Waals surface area contributed by atoms with Crippen LogP contribution in [0.5, 0.6) is 5.75 Å². The van der Waals surface area contributed by atoms with Crippen LogP contribution in [0, 0.1) is 11.6 Å². The molecule has 2 unspecified atom stereocenters. The van der Waals surface area contributed by atoms with Crippen LogP contribution in [0.15, 0.2) is 47.4 Å². The van der Waals surface area contributed by atoms with Gasteiger partial charge in [-0.3, -0.25) is 5.84 Å². The summed E-state index contributed by atoms with van der Waals surface area (Å²) < 4.78 is 32.9. The molecule has 1 heterocycles. The predicted octanol–water partition coefficient (Wildman–Crippen LogP) is 3.02. The molecule has 0 saturated carbocycles. The van der Waals surface area contributed by atoms with E-state index in [2.05, 4.69) is 5.43 Å². The van der Waals surface area contributed by atoms with Crippen molar-refractivity contribution >= 4 is 11.8 Å². The van der Waals surface area contributed by atoms with Gasteiger partial charge in [-0.25, -0.2) is 14.2 Å². The summed E-state index contributed by atoms with van der Waals surface area (Å²) in [5.41, 5.74) is 2.87. The van der Waals surface area contributed by atoms with Gasteiger partial charge in [0.1, 0.15) is 23.5 Å². The zero-order chi connectivity index (χ0) is 14.8. The highest BCUT2D eigenvalue weighted by molar-refractivity contribution is 7.99. The number of para-hydroxylation sites is 1. The molecule has 0 bridgehead atoms. The first-order valence-electron chi connectivity index (χ1n) is 6.48.